The van der Waals surface area contributed by atoms with Gasteiger partial charge in [-0.1, -0.05) is 34.1 Å². The standard InChI is InChI=1S/C15H24BrN3O3S.HI/c1-12(13-6-4-5-7-14(13)16)19-15(17-2)18-8-9-22-10-11-23(3,20)21;/h4-7,12H,8-11H2,1-3H3,(H2,17,18,19);1H. The van der Waals surface area contributed by atoms with Crippen molar-refractivity contribution in [2.24, 2.45) is 4.99 Å². The van der Waals surface area contributed by atoms with Crippen LogP contribution in [0.1, 0.15) is 18.5 Å². The van der Waals surface area contributed by atoms with Crippen molar-refractivity contribution in [3.63, 3.8) is 0 Å². The SMILES string of the molecule is CN=C(NCCOCCS(C)(=O)=O)NC(C)c1ccccc1Br.I. The summed E-state index contributed by atoms with van der Waals surface area (Å²) < 4.78 is 28.3. The molecule has 0 fully saturated rings. The fourth-order valence-corrected chi connectivity index (χ4v) is 2.91. The summed E-state index contributed by atoms with van der Waals surface area (Å²) in [5.41, 5.74) is 1.14. The molecule has 138 valence electrons. The Hall–Kier alpha value is -0.390. The molecule has 0 heterocycles. The molecule has 0 radical (unpaired) electrons. The van der Waals surface area contributed by atoms with Crippen LogP contribution in [0.4, 0.5) is 0 Å². The van der Waals surface area contributed by atoms with Gasteiger partial charge >= 0.3 is 0 Å². The topological polar surface area (TPSA) is 79.8 Å². The van der Waals surface area contributed by atoms with E-state index in [1.54, 1.807) is 7.05 Å². The molecule has 2 N–H and O–H groups in total. The van der Waals surface area contributed by atoms with E-state index >= 15 is 0 Å². The number of guanidine groups is 1. The molecule has 9 heteroatoms. The molecule has 1 atom stereocenters. The van der Waals surface area contributed by atoms with Crippen molar-refractivity contribution in [3.8, 4) is 0 Å². The van der Waals surface area contributed by atoms with Crippen molar-refractivity contribution < 1.29 is 13.2 Å². The minimum absolute atomic E-state index is 0. The van der Waals surface area contributed by atoms with Crippen molar-refractivity contribution in [1.29, 1.82) is 0 Å². The Balaban J connectivity index is 0.00000529. The Morgan fingerprint density at radius 1 is 1.33 bits per heavy atom. The third kappa shape index (κ3) is 9.80. The number of rotatable bonds is 8. The maximum atomic E-state index is 11.0. The molecule has 0 aliphatic carbocycles. The summed E-state index contributed by atoms with van der Waals surface area (Å²) >= 11 is 3.54. The predicted molar refractivity (Wildman–Crippen MR) is 113 cm³/mol. The van der Waals surface area contributed by atoms with E-state index in [0.717, 1.165) is 10.0 Å². The lowest BCUT2D eigenvalue weighted by Crippen LogP contribution is -2.40. The van der Waals surface area contributed by atoms with Gasteiger partial charge in [-0.05, 0) is 18.6 Å². The molecule has 0 saturated heterocycles. The maximum Gasteiger partial charge on any atom is 0.191 e. The van der Waals surface area contributed by atoms with Crippen LogP contribution in [0.5, 0.6) is 0 Å². The second kappa shape index (κ2) is 12.0. The Morgan fingerprint density at radius 3 is 2.58 bits per heavy atom. The van der Waals surface area contributed by atoms with E-state index in [4.69, 9.17) is 4.74 Å². The number of hydrogen-bond acceptors (Lipinski definition) is 4. The largest absolute Gasteiger partial charge is 0.379 e. The zero-order chi connectivity index (χ0) is 17.3. The summed E-state index contributed by atoms with van der Waals surface area (Å²) in [6.45, 7) is 3.22. The third-order valence-corrected chi connectivity index (χ3v) is 4.72. The first-order valence-corrected chi connectivity index (χ1v) is 10.2. The summed E-state index contributed by atoms with van der Waals surface area (Å²) in [5, 5.41) is 6.43. The minimum atomic E-state index is -2.97. The number of hydrogen-bond donors (Lipinski definition) is 2. The fraction of sp³-hybridized carbons (Fsp3) is 0.533. The van der Waals surface area contributed by atoms with Gasteiger partial charge < -0.3 is 15.4 Å². The van der Waals surface area contributed by atoms with Crippen molar-refractivity contribution in [2.45, 2.75) is 13.0 Å². The van der Waals surface area contributed by atoms with Gasteiger partial charge in [-0.25, -0.2) is 8.42 Å². The van der Waals surface area contributed by atoms with Gasteiger partial charge in [0.05, 0.1) is 25.0 Å². The average molecular weight is 534 g/mol. The fourth-order valence-electron chi connectivity index (χ4n) is 1.86. The molecule has 6 nitrogen and oxygen atoms in total. The minimum Gasteiger partial charge on any atom is -0.379 e. The van der Waals surface area contributed by atoms with E-state index < -0.39 is 9.84 Å². The Labute approximate surface area is 169 Å². The van der Waals surface area contributed by atoms with Crippen LogP contribution in [0.3, 0.4) is 0 Å². The van der Waals surface area contributed by atoms with Crippen LogP contribution in [0, 0.1) is 0 Å². The summed E-state index contributed by atoms with van der Waals surface area (Å²) in [6.07, 6.45) is 1.20. The zero-order valence-electron chi connectivity index (χ0n) is 14.1. The molecular weight excluding hydrogens is 509 g/mol. The number of aliphatic imine (C=N–C) groups is 1. The molecule has 0 spiro atoms. The van der Waals surface area contributed by atoms with E-state index in [-0.39, 0.29) is 42.4 Å². The van der Waals surface area contributed by atoms with Crippen molar-refractivity contribution in [1.82, 2.24) is 10.6 Å². The summed E-state index contributed by atoms with van der Waals surface area (Å²) in [6, 6.07) is 8.09. The normalized spacial score (nSPS) is 13.1. The Morgan fingerprint density at radius 2 is 2.00 bits per heavy atom. The van der Waals surface area contributed by atoms with Crippen LogP contribution in [0.25, 0.3) is 0 Å². The Bertz CT molecular complexity index is 626. The van der Waals surface area contributed by atoms with Gasteiger partial charge in [-0.3, -0.25) is 4.99 Å². The van der Waals surface area contributed by atoms with E-state index in [1.807, 2.05) is 24.3 Å². The number of sulfone groups is 1. The lowest BCUT2D eigenvalue weighted by molar-refractivity contribution is 0.154. The number of halogens is 2. The third-order valence-electron chi connectivity index (χ3n) is 3.09. The van der Waals surface area contributed by atoms with Gasteiger partial charge in [-0.15, -0.1) is 24.0 Å². The first-order chi connectivity index (χ1) is 10.8. The molecular formula is C15H25BrIN3O3S. The van der Waals surface area contributed by atoms with Crippen LogP contribution in [-0.4, -0.2) is 53.2 Å². The van der Waals surface area contributed by atoms with Crippen LogP contribution in [-0.2, 0) is 14.6 Å². The molecule has 0 amide bonds. The summed E-state index contributed by atoms with van der Waals surface area (Å²) in [4.78, 5) is 4.17. The molecule has 1 rings (SSSR count). The second-order valence-electron chi connectivity index (χ2n) is 5.13. The van der Waals surface area contributed by atoms with Crippen molar-refractivity contribution in [2.75, 3.05) is 38.8 Å². The smallest absolute Gasteiger partial charge is 0.191 e. The van der Waals surface area contributed by atoms with Gasteiger partial charge in [0.1, 0.15) is 9.84 Å². The van der Waals surface area contributed by atoms with Gasteiger partial charge in [0.25, 0.3) is 0 Å². The molecule has 0 bridgehead atoms. The molecule has 0 saturated carbocycles. The van der Waals surface area contributed by atoms with Gasteiger partial charge in [-0.2, -0.15) is 0 Å². The first kappa shape index (κ1) is 23.6. The molecule has 24 heavy (non-hydrogen) atoms. The number of benzene rings is 1. The van der Waals surface area contributed by atoms with E-state index in [0.29, 0.717) is 19.1 Å². The van der Waals surface area contributed by atoms with E-state index in [2.05, 4.69) is 38.5 Å². The van der Waals surface area contributed by atoms with Crippen molar-refractivity contribution in [3.05, 3.63) is 34.3 Å². The molecule has 1 unspecified atom stereocenters. The highest BCUT2D eigenvalue weighted by Gasteiger charge is 2.10. The number of ether oxygens (including phenoxy) is 1. The van der Waals surface area contributed by atoms with Crippen molar-refractivity contribution >= 4 is 55.7 Å². The number of nitrogens with one attached hydrogen (secondary N) is 2. The number of nitrogens with zero attached hydrogens (tertiary/aromatic N) is 1. The zero-order valence-corrected chi connectivity index (χ0v) is 18.8. The maximum absolute atomic E-state index is 11.0. The van der Waals surface area contributed by atoms with Gasteiger partial charge in [0, 0.05) is 24.3 Å². The molecule has 1 aromatic rings. The highest BCUT2D eigenvalue weighted by molar-refractivity contribution is 14.0. The molecule has 1 aromatic carbocycles. The highest BCUT2D eigenvalue weighted by atomic mass is 127. The first-order valence-electron chi connectivity index (χ1n) is 7.30. The second-order valence-corrected chi connectivity index (χ2v) is 8.24. The van der Waals surface area contributed by atoms with E-state index in [1.165, 1.54) is 6.26 Å². The molecule has 0 aliphatic heterocycles. The van der Waals surface area contributed by atoms with Crippen LogP contribution < -0.4 is 10.6 Å². The van der Waals surface area contributed by atoms with Gasteiger partial charge in [0.2, 0.25) is 0 Å². The van der Waals surface area contributed by atoms with E-state index in [9.17, 15) is 8.42 Å². The lowest BCUT2D eigenvalue weighted by atomic mass is 10.1. The summed E-state index contributed by atoms with van der Waals surface area (Å²) in [5.74, 6) is 0.707. The molecule has 0 aromatic heterocycles. The average Bonchev–Trinajstić information content (AvgIpc) is 2.48. The quantitative estimate of drug-likeness (QED) is 0.232. The highest BCUT2D eigenvalue weighted by Crippen LogP contribution is 2.22. The van der Waals surface area contributed by atoms with Crippen LogP contribution in [0.2, 0.25) is 0 Å². The van der Waals surface area contributed by atoms with Crippen LogP contribution >= 0.6 is 39.9 Å². The van der Waals surface area contributed by atoms with Crippen LogP contribution in [0.15, 0.2) is 33.7 Å². The Kier molecular flexibility index (Phi) is 11.8. The lowest BCUT2D eigenvalue weighted by Gasteiger charge is -2.19. The van der Waals surface area contributed by atoms with Gasteiger partial charge in [0.15, 0.2) is 5.96 Å². The molecule has 0 aliphatic rings. The predicted octanol–water partition coefficient (Wildman–Crippen LogP) is 2.35. The monoisotopic (exact) mass is 533 g/mol. The summed E-state index contributed by atoms with van der Waals surface area (Å²) in [7, 11) is -1.27.